The third kappa shape index (κ3) is 5.36. The van der Waals surface area contributed by atoms with Gasteiger partial charge in [0.2, 0.25) is 0 Å². The summed E-state index contributed by atoms with van der Waals surface area (Å²) >= 11 is 12.1. The molecule has 0 spiro atoms. The number of carbonyl (C=O) groups excluding carboxylic acids is 1. The second kappa shape index (κ2) is 8.75. The fourth-order valence-corrected chi connectivity index (χ4v) is 2.81. The first-order valence-electron chi connectivity index (χ1n) is 8.08. The minimum absolute atomic E-state index is 0.134. The van der Waals surface area contributed by atoms with Gasteiger partial charge in [0, 0.05) is 10.6 Å². The van der Waals surface area contributed by atoms with Crippen molar-refractivity contribution in [1.82, 2.24) is 5.43 Å². The Bertz CT molecular complexity index is 983. The van der Waals surface area contributed by atoms with Crippen molar-refractivity contribution >= 4 is 35.3 Å². The summed E-state index contributed by atoms with van der Waals surface area (Å²) in [5.41, 5.74) is 4.16. The van der Waals surface area contributed by atoms with Crippen LogP contribution in [0.1, 0.15) is 11.3 Å². The number of benzene rings is 2. The summed E-state index contributed by atoms with van der Waals surface area (Å²) in [7, 11) is 0. The van der Waals surface area contributed by atoms with Gasteiger partial charge < -0.3 is 9.15 Å². The average Bonchev–Trinajstić information content (AvgIpc) is 3.08. The minimum Gasteiger partial charge on any atom is -0.484 e. The zero-order valence-electron chi connectivity index (χ0n) is 14.4. The molecule has 5 nitrogen and oxygen atoms in total. The smallest absolute Gasteiger partial charge is 0.277 e. The summed E-state index contributed by atoms with van der Waals surface area (Å²) in [6, 6.07) is 16.1. The molecule has 0 saturated carbocycles. The lowest BCUT2D eigenvalue weighted by atomic mass is 10.2. The second-order valence-electron chi connectivity index (χ2n) is 5.72. The van der Waals surface area contributed by atoms with Crippen molar-refractivity contribution in [3.63, 3.8) is 0 Å². The molecule has 0 aliphatic carbocycles. The van der Waals surface area contributed by atoms with E-state index >= 15 is 0 Å². The maximum absolute atomic E-state index is 11.8. The minimum atomic E-state index is -0.375. The number of ether oxygens (including phenoxy) is 1. The number of amides is 1. The molecule has 2 aromatic carbocycles. The van der Waals surface area contributed by atoms with E-state index in [0.717, 1.165) is 11.1 Å². The Morgan fingerprint density at radius 2 is 2.04 bits per heavy atom. The number of nitrogens with zero attached hydrogens (tertiary/aromatic N) is 1. The second-order valence-corrected chi connectivity index (χ2v) is 6.57. The van der Waals surface area contributed by atoms with Gasteiger partial charge in [0.15, 0.2) is 6.61 Å². The standard InChI is InChI=1S/C20H16Cl2N2O3/c1-13-3-2-4-15(9-13)26-12-20(25)24-23-11-16-6-8-19(27-16)17-7-5-14(21)10-18(17)22/h2-11H,12H2,1H3,(H,24,25)/b23-11-. The number of nitrogens with one attached hydrogen (secondary N) is 1. The predicted molar refractivity (Wildman–Crippen MR) is 107 cm³/mol. The number of halogens is 2. The summed E-state index contributed by atoms with van der Waals surface area (Å²) in [5.74, 6) is 1.30. The van der Waals surface area contributed by atoms with Crippen molar-refractivity contribution in [3.8, 4) is 17.1 Å². The molecule has 1 heterocycles. The third-order valence-electron chi connectivity index (χ3n) is 3.56. The molecular weight excluding hydrogens is 387 g/mol. The molecule has 0 aliphatic rings. The lowest BCUT2D eigenvalue weighted by Gasteiger charge is -2.05. The fourth-order valence-electron chi connectivity index (χ4n) is 2.31. The van der Waals surface area contributed by atoms with E-state index in [9.17, 15) is 4.79 Å². The van der Waals surface area contributed by atoms with Crippen molar-refractivity contribution in [3.05, 3.63) is 76.0 Å². The molecule has 0 fully saturated rings. The first kappa shape index (κ1) is 19.0. The van der Waals surface area contributed by atoms with Crippen molar-refractivity contribution in [1.29, 1.82) is 0 Å². The number of furan rings is 1. The van der Waals surface area contributed by atoms with E-state index in [4.69, 9.17) is 32.4 Å². The SMILES string of the molecule is Cc1cccc(OCC(=O)N/N=C\c2ccc(-c3ccc(Cl)cc3Cl)o2)c1. The molecule has 138 valence electrons. The maximum atomic E-state index is 11.8. The van der Waals surface area contributed by atoms with Crippen molar-refractivity contribution < 1.29 is 13.9 Å². The normalized spacial score (nSPS) is 10.9. The molecule has 0 radical (unpaired) electrons. The van der Waals surface area contributed by atoms with E-state index in [2.05, 4.69) is 10.5 Å². The predicted octanol–water partition coefficient (Wildman–Crippen LogP) is 5.09. The summed E-state index contributed by atoms with van der Waals surface area (Å²) in [6.45, 7) is 1.82. The molecule has 0 aliphatic heterocycles. The van der Waals surface area contributed by atoms with Crippen LogP contribution in [0.4, 0.5) is 0 Å². The van der Waals surface area contributed by atoms with E-state index in [1.807, 2.05) is 25.1 Å². The monoisotopic (exact) mass is 402 g/mol. The Hall–Kier alpha value is -2.76. The molecule has 0 atom stereocenters. The van der Waals surface area contributed by atoms with Crippen LogP contribution >= 0.6 is 23.2 Å². The van der Waals surface area contributed by atoms with Crippen LogP contribution < -0.4 is 10.2 Å². The highest BCUT2D eigenvalue weighted by Crippen LogP contribution is 2.31. The Balaban J connectivity index is 1.54. The average molecular weight is 403 g/mol. The first-order chi connectivity index (χ1) is 13.0. The third-order valence-corrected chi connectivity index (χ3v) is 4.11. The summed E-state index contributed by atoms with van der Waals surface area (Å²) in [6.07, 6.45) is 1.40. The first-order valence-corrected chi connectivity index (χ1v) is 8.83. The van der Waals surface area contributed by atoms with E-state index in [0.29, 0.717) is 27.3 Å². The van der Waals surface area contributed by atoms with E-state index < -0.39 is 0 Å². The van der Waals surface area contributed by atoms with Crippen molar-refractivity contribution in [2.24, 2.45) is 5.10 Å². The molecule has 3 aromatic rings. The number of aryl methyl sites for hydroxylation is 1. The van der Waals surface area contributed by atoms with Crippen LogP contribution in [-0.4, -0.2) is 18.7 Å². The molecule has 1 amide bonds. The van der Waals surface area contributed by atoms with Gasteiger partial charge in [0.25, 0.3) is 5.91 Å². The van der Waals surface area contributed by atoms with Crippen LogP contribution in [-0.2, 0) is 4.79 Å². The largest absolute Gasteiger partial charge is 0.484 e. The van der Waals surface area contributed by atoms with Gasteiger partial charge in [-0.25, -0.2) is 5.43 Å². The molecule has 0 unspecified atom stereocenters. The van der Waals surface area contributed by atoms with Gasteiger partial charge >= 0.3 is 0 Å². The Morgan fingerprint density at radius 3 is 2.81 bits per heavy atom. The number of hydrogen-bond donors (Lipinski definition) is 1. The highest BCUT2D eigenvalue weighted by atomic mass is 35.5. The molecular formula is C20H16Cl2N2O3. The van der Waals surface area contributed by atoms with E-state index in [1.165, 1.54) is 6.21 Å². The van der Waals surface area contributed by atoms with Gasteiger partial charge in [-0.1, -0.05) is 35.3 Å². The summed E-state index contributed by atoms with van der Waals surface area (Å²) < 4.78 is 11.1. The number of hydrazone groups is 1. The molecule has 0 bridgehead atoms. The maximum Gasteiger partial charge on any atom is 0.277 e. The Kier molecular flexibility index (Phi) is 6.16. The molecule has 1 aromatic heterocycles. The molecule has 0 saturated heterocycles. The van der Waals surface area contributed by atoms with E-state index in [1.54, 1.807) is 36.4 Å². The summed E-state index contributed by atoms with van der Waals surface area (Å²) in [4.78, 5) is 11.8. The van der Waals surface area contributed by atoms with Crippen molar-refractivity contribution in [2.45, 2.75) is 6.92 Å². The van der Waals surface area contributed by atoms with E-state index in [-0.39, 0.29) is 12.5 Å². The van der Waals surface area contributed by atoms with Gasteiger partial charge in [-0.05, 0) is 55.0 Å². The lowest BCUT2D eigenvalue weighted by molar-refractivity contribution is -0.123. The number of carbonyl (C=O) groups is 1. The highest BCUT2D eigenvalue weighted by Gasteiger charge is 2.08. The number of hydrogen-bond acceptors (Lipinski definition) is 4. The Morgan fingerprint density at radius 1 is 1.19 bits per heavy atom. The highest BCUT2D eigenvalue weighted by molar-refractivity contribution is 6.36. The topological polar surface area (TPSA) is 63.8 Å². The zero-order chi connectivity index (χ0) is 19.2. The van der Waals surface area contributed by atoms with Crippen LogP contribution in [0, 0.1) is 6.92 Å². The zero-order valence-corrected chi connectivity index (χ0v) is 15.9. The van der Waals surface area contributed by atoms with Crippen LogP contribution in [0.2, 0.25) is 10.0 Å². The fraction of sp³-hybridized carbons (Fsp3) is 0.100. The van der Waals surface area contributed by atoms with Crippen LogP contribution in [0.5, 0.6) is 5.75 Å². The van der Waals surface area contributed by atoms with Crippen LogP contribution in [0.25, 0.3) is 11.3 Å². The summed E-state index contributed by atoms with van der Waals surface area (Å²) in [5, 5.41) is 4.90. The molecule has 27 heavy (non-hydrogen) atoms. The molecule has 3 rings (SSSR count). The van der Waals surface area contributed by atoms with Crippen LogP contribution in [0.15, 0.2) is 64.1 Å². The number of rotatable bonds is 6. The quantitative estimate of drug-likeness (QED) is 0.461. The molecule has 7 heteroatoms. The van der Waals surface area contributed by atoms with Gasteiger partial charge in [-0.15, -0.1) is 0 Å². The van der Waals surface area contributed by atoms with Gasteiger partial charge in [-0.2, -0.15) is 5.10 Å². The van der Waals surface area contributed by atoms with Gasteiger partial charge in [0.1, 0.15) is 17.3 Å². The van der Waals surface area contributed by atoms with Gasteiger partial charge in [0.05, 0.1) is 11.2 Å². The van der Waals surface area contributed by atoms with Crippen LogP contribution in [0.3, 0.4) is 0 Å². The lowest BCUT2D eigenvalue weighted by Crippen LogP contribution is -2.24. The van der Waals surface area contributed by atoms with Crippen molar-refractivity contribution in [2.75, 3.05) is 6.61 Å². The Labute approximate surface area is 166 Å². The van der Waals surface area contributed by atoms with Gasteiger partial charge in [-0.3, -0.25) is 4.79 Å². The molecule has 1 N–H and O–H groups in total.